The molecule has 2 aromatic rings. The summed E-state index contributed by atoms with van der Waals surface area (Å²) in [5.74, 6) is -1.69. The van der Waals surface area contributed by atoms with E-state index in [-0.39, 0.29) is 0 Å². The Labute approximate surface area is 121 Å². The number of hydrogen-bond acceptors (Lipinski definition) is 2. The summed E-state index contributed by atoms with van der Waals surface area (Å²) in [4.78, 5) is 0.356. The first-order chi connectivity index (χ1) is 9.47. The van der Waals surface area contributed by atoms with Crippen molar-refractivity contribution in [2.24, 2.45) is 5.73 Å². The first-order valence-electron chi connectivity index (χ1n) is 6.05. The van der Waals surface area contributed by atoms with Crippen molar-refractivity contribution in [2.75, 3.05) is 5.32 Å². The summed E-state index contributed by atoms with van der Waals surface area (Å²) in [6.45, 7) is 2.32. The molecule has 0 saturated carbocycles. The lowest BCUT2D eigenvalue weighted by Gasteiger charge is -2.10. The molecule has 3 N–H and O–H groups in total. The highest BCUT2D eigenvalue weighted by molar-refractivity contribution is 7.80. The first kappa shape index (κ1) is 14.4. The molecule has 2 aromatic carbocycles. The summed E-state index contributed by atoms with van der Waals surface area (Å²) in [7, 11) is 0. The van der Waals surface area contributed by atoms with E-state index in [1.807, 2.05) is 25.1 Å². The van der Waals surface area contributed by atoms with Crippen molar-refractivity contribution in [3.63, 3.8) is 0 Å². The Hall–Kier alpha value is -2.01. The van der Waals surface area contributed by atoms with Crippen LogP contribution < -0.4 is 11.1 Å². The maximum absolute atomic E-state index is 13.1. The van der Waals surface area contributed by atoms with Gasteiger partial charge in [0.05, 0.1) is 0 Å². The van der Waals surface area contributed by atoms with Crippen molar-refractivity contribution < 1.29 is 8.78 Å². The van der Waals surface area contributed by atoms with Gasteiger partial charge >= 0.3 is 0 Å². The lowest BCUT2D eigenvalue weighted by atomic mass is 10.1. The number of halogens is 2. The highest BCUT2D eigenvalue weighted by Gasteiger charge is 2.04. The normalized spacial score (nSPS) is 10.3. The molecule has 0 saturated heterocycles. The third-order valence-electron chi connectivity index (χ3n) is 2.97. The highest BCUT2D eigenvalue weighted by Crippen LogP contribution is 2.17. The molecule has 0 bridgehead atoms. The van der Waals surface area contributed by atoms with Crippen molar-refractivity contribution in [1.29, 1.82) is 0 Å². The Balaban J connectivity index is 2.09. The average Bonchev–Trinajstić information content (AvgIpc) is 2.40. The van der Waals surface area contributed by atoms with E-state index >= 15 is 0 Å². The molecule has 2 rings (SSSR count). The van der Waals surface area contributed by atoms with E-state index in [0.29, 0.717) is 17.1 Å². The van der Waals surface area contributed by atoms with Gasteiger partial charge in [-0.3, -0.25) is 0 Å². The van der Waals surface area contributed by atoms with Crippen molar-refractivity contribution >= 4 is 22.9 Å². The van der Waals surface area contributed by atoms with Crippen molar-refractivity contribution in [3.8, 4) is 0 Å². The van der Waals surface area contributed by atoms with E-state index in [1.165, 1.54) is 6.07 Å². The maximum Gasteiger partial charge on any atom is 0.159 e. The number of nitrogens with one attached hydrogen (secondary N) is 1. The van der Waals surface area contributed by atoms with Crippen molar-refractivity contribution in [1.82, 2.24) is 0 Å². The molecule has 0 atom stereocenters. The van der Waals surface area contributed by atoms with E-state index in [2.05, 4.69) is 5.32 Å². The molecule has 5 heteroatoms. The lowest BCUT2D eigenvalue weighted by Crippen LogP contribution is -2.11. The van der Waals surface area contributed by atoms with Gasteiger partial charge in [-0.1, -0.05) is 18.3 Å². The molecule has 0 radical (unpaired) electrons. The van der Waals surface area contributed by atoms with Gasteiger partial charge in [-0.15, -0.1) is 0 Å². The van der Waals surface area contributed by atoms with E-state index in [9.17, 15) is 8.78 Å². The minimum Gasteiger partial charge on any atom is -0.389 e. The molecule has 104 valence electrons. The van der Waals surface area contributed by atoms with Crippen LogP contribution in [0.3, 0.4) is 0 Å². The summed E-state index contributed by atoms with van der Waals surface area (Å²) >= 11 is 4.94. The van der Waals surface area contributed by atoms with Crippen LogP contribution in [0.1, 0.15) is 16.7 Å². The zero-order valence-electron chi connectivity index (χ0n) is 10.9. The van der Waals surface area contributed by atoms with Crippen LogP contribution in [-0.2, 0) is 6.54 Å². The van der Waals surface area contributed by atoms with Gasteiger partial charge in [0.1, 0.15) is 4.99 Å². The van der Waals surface area contributed by atoms with E-state index in [4.69, 9.17) is 18.0 Å². The molecule has 0 fully saturated rings. The van der Waals surface area contributed by atoms with Crippen LogP contribution in [0.5, 0.6) is 0 Å². The Morgan fingerprint density at radius 2 is 1.90 bits per heavy atom. The topological polar surface area (TPSA) is 38.0 Å². The summed E-state index contributed by atoms with van der Waals surface area (Å²) in [5.41, 5.74) is 8.93. The van der Waals surface area contributed by atoms with Gasteiger partial charge in [0.2, 0.25) is 0 Å². The zero-order valence-corrected chi connectivity index (χ0v) is 11.7. The second-order valence-electron chi connectivity index (χ2n) is 4.50. The van der Waals surface area contributed by atoms with Crippen LogP contribution in [-0.4, -0.2) is 4.99 Å². The minimum absolute atomic E-state index is 0.356. The average molecular weight is 292 g/mol. The third-order valence-corrected chi connectivity index (χ3v) is 3.19. The molecule has 0 unspecified atom stereocenters. The predicted octanol–water partition coefficient (Wildman–Crippen LogP) is 3.52. The summed E-state index contributed by atoms with van der Waals surface area (Å²) in [6, 6.07) is 9.44. The molecule has 0 aromatic heterocycles. The van der Waals surface area contributed by atoms with Crippen LogP contribution in [0.25, 0.3) is 0 Å². The molecule has 0 aliphatic rings. The number of thiocarbonyl (C=S) groups is 1. The van der Waals surface area contributed by atoms with E-state index < -0.39 is 11.6 Å². The van der Waals surface area contributed by atoms with Gasteiger partial charge in [-0.2, -0.15) is 0 Å². The Morgan fingerprint density at radius 3 is 2.50 bits per heavy atom. The van der Waals surface area contributed by atoms with Gasteiger partial charge in [0.15, 0.2) is 11.6 Å². The summed E-state index contributed by atoms with van der Waals surface area (Å²) < 4.78 is 25.9. The lowest BCUT2D eigenvalue weighted by molar-refractivity contribution is 0.507. The fourth-order valence-electron chi connectivity index (χ4n) is 1.90. The monoisotopic (exact) mass is 292 g/mol. The molecule has 2 nitrogen and oxygen atoms in total. The van der Waals surface area contributed by atoms with Gasteiger partial charge < -0.3 is 11.1 Å². The first-order valence-corrected chi connectivity index (χ1v) is 6.46. The zero-order chi connectivity index (χ0) is 14.7. The number of nitrogens with two attached hydrogens (primary N) is 1. The molecule has 0 spiro atoms. The van der Waals surface area contributed by atoms with Crippen LogP contribution in [0.15, 0.2) is 36.4 Å². The SMILES string of the molecule is Cc1cc(NCc2ccc(F)c(F)c2)ccc1C(N)=S. The summed E-state index contributed by atoms with van der Waals surface area (Å²) in [6.07, 6.45) is 0. The van der Waals surface area contributed by atoms with Crippen LogP contribution in [0.2, 0.25) is 0 Å². The Morgan fingerprint density at radius 1 is 1.15 bits per heavy atom. The molecular formula is C15H14F2N2S. The number of aryl methyl sites for hydroxylation is 1. The van der Waals surface area contributed by atoms with Gasteiger partial charge in [-0.25, -0.2) is 8.78 Å². The second-order valence-corrected chi connectivity index (χ2v) is 4.94. The molecular weight excluding hydrogens is 278 g/mol. The largest absolute Gasteiger partial charge is 0.389 e. The molecule has 0 heterocycles. The number of rotatable bonds is 4. The van der Waals surface area contributed by atoms with Crippen LogP contribution in [0.4, 0.5) is 14.5 Å². The predicted molar refractivity (Wildman–Crippen MR) is 80.8 cm³/mol. The molecule has 0 amide bonds. The fourth-order valence-corrected chi connectivity index (χ4v) is 2.13. The minimum atomic E-state index is -0.843. The van der Waals surface area contributed by atoms with Gasteiger partial charge in [0, 0.05) is 17.8 Å². The van der Waals surface area contributed by atoms with Gasteiger partial charge in [0.25, 0.3) is 0 Å². The fraction of sp³-hybridized carbons (Fsp3) is 0.133. The third kappa shape index (κ3) is 3.30. The molecule has 0 aliphatic heterocycles. The Kier molecular flexibility index (Phi) is 4.29. The number of benzene rings is 2. The molecule has 0 aliphatic carbocycles. The quantitative estimate of drug-likeness (QED) is 0.847. The maximum atomic E-state index is 13.1. The number of hydrogen-bond donors (Lipinski definition) is 2. The van der Waals surface area contributed by atoms with Crippen LogP contribution in [0, 0.1) is 18.6 Å². The highest BCUT2D eigenvalue weighted by atomic mass is 32.1. The smallest absolute Gasteiger partial charge is 0.159 e. The second kappa shape index (κ2) is 5.96. The van der Waals surface area contributed by atoms with Crippen LogP contribution >= 0.6 is 12.2 Å². The van der Waals surface area contributed by atoms with E-state index in [0.717, 1.165) is 22.9 Å². The van der Waals surface area contributed by atoms with Crippen molar-refractivity contribution in [2.45, 2.75) is 13.5 Å². The molecule has 20 heavy (non-hydrogen) atoms. The van der Waals surface area contributed by atoms with Gasteiger partial charge in [-0.05, 0) is 48.4 Å². The number of anilines is 1. The summed E-state index contributed by atoms with van der Waals surface area (Å²) in [5, 5.41) is 3.14. The standard InChI is InChI=1S/C15H14F2N2S/c1-9-6-11(3-4-12(9)15(18)20)19-8-10-2-5-13(16)14(17)7-10/h2-7,19H,8H2,1H3,(H2,18,20). The Bertz CT molecular complexity index is 656. The van der Waals surface area contributed by atoms with Crippen molar-refractivity contribution in [3.05, 3.63) is 64.7 Å². The van der Waals surface area contributed by atoms with E-state index in [1.54, 1.807) is 6.07 Å².